The van der Waals surface area contributed by atoms with E-state index in [0.29, 0.717) is 29.8 Å². The summed E-state index contributed by atoms with van der Waals surface area (Å²) in [6.45, 7) is 2.98. The summed E-state index contributed by atoms with van der Waals surface area (Å²) < 4.78 is 5.55. The van der Waals surface area contributed by atoms with E-state index in [9.17, 15) is 4.79 Å². The molecule has 2 unspecified atom stereocenters. The van der Waals surface area contributed by atoms with Crippen LogP contribution in [-0.2, 0) is 4.74 Å². The van der Waals surface area contributed by atoms with E-state index in [4.69, 9.17) is 10.5 Å². The highest BCUT2D eigenvalue weighted by atomic mass is 16.5. The standard InChI is InChI=1S/C17H24N2O2/c18-15-8-6-13(7-9-15)17(20)21-12-14-4-3-11-19-10-2-1-5-16(14)19/h6-9,14,16H,1-5,10-12,18H2. The van der Waals surface area contributed by atoms with E-state index in [2.05, 4.69) is 4.90 Å². The van der Waals surface area contributed by atoms with Gasteiger partial charge in [-0.1, -0.05) is 6.42 Å². The number of hydrogen-bond donors (Lipinski definition) is 1. The lowest BCUT2D eigenvalue weighted by atomic mass is 9.84. The molecule has 1 aromatic carbocycles. The minimum Gasteiger partial charge on any atom is -0.462 e. The van der Waals surface area contributed by atoms with Crippen LogP contribution in [0.4, 0.5) is 5.69 Å². The van der Waals surface area contributed by atoms with Gasteiger partial charge in [0.25, 0.3) is 0 Å². The van der Waals surface area contributed by atoms with Crippen molar-refractivity contribution in [3.8, 4) is 0 Å². The van der Waals surface area contributed by atoms with E-state index in [0.717, 1.165) is 0 Å². The Kier molecular flexibility index (Phi) is 4.44. The smallest absolute Gasteiger partial charge is 0.338 e. The van der Waals surface area contributed by atoms with Crippen molar-refractivity contribution in [2.45, 2.75) is 38.1 Å². The maximum Gasteiger partial charge on any atom is 0.338 e. The first kappa shape index (κ1) is 14.4. The zero-order valence-corrected chi connectivity index (χ0v) is 12.5. The van der Waals surface area contributed by atoms with E-state index in [1.54, 1.807) is 24.3 Å². The molecule has 0 bridgehead atoms. The molecule has 2 aliphatic heterocycles. The maximum absolute atomic E-state index is 12.1. The van der Waals surface area contributed by atoms with Gasteiger partial charge in [-0.2, -0.15) is 0 Å². The number of anilines is 1. The Balaban J connectivity index is 1.56. The fourth-order valence-corrected chi connectivity index (χ4v) is 3.66. The summed E-state index contributed by atoms with van der Waals surface area (Å²) in [5.41, 5.74) is 6.88. The van der Waals surface area contributed by atoms with Gasteiger partial charge in [0.2, 0.25) is 0 Å². The maximum atomic E-state index is 12.1. The Morgan fingerprint density at radius 2 is 1.90 bits per heavy atom. The molecule has 0 radical (unpaired) electrons. The largest absolute Gasteiger partial charge is 0.462 e. The predicted molar refractivity (Wildman–Crippen MR) is 83.1 cm³/mol. The number of fused-ring (bicyclic) bond motifs is 1. The fourth-order valence-electron chi connectivity index (χ4n) is 3.66. The highest BCUT2D eigenvalue weighted by Gasteiger charge is 2.33. The topological polar surface area (TPSA) is 55.6 Å². The van der Waals surface area contributed by atoms with Gasteiger partial charge in [0.15, 0.2) is 0 Å². The van der Waals surface area contributed by atoms with Crippen LogP contribution in [-0.4, -0.2) is 36.6 Å². The van der Waals surface area contributed by atoms with Crippen LogP contribution in [0.25, 0.3) is 0 Å². The summed E-state index contributed by atoms with van der Waals surface area (Å²) in [5, 5.41) is 0. The third-order valence-corrected chi connectivity index (χ3v) is 4.80. The van der Waals surface area contributed by atoms with Gasteiger partial charge >= 0.3 is 5.97 Å². The summed E-state index contributed by atoms with van der Waals surface area (Å²) >= 11 is 0. The van der Waals surface area contributed by atoms with Crippen molar-refractivity contribution in [3.05, 3.63) is 29.8 Å². The van der Waals surface area contributed by atoms with Gasteiger partial charge in [-0.15, -0.1) is 0 Å². The van der Waals surface area contributed by atoms with Crippen LogP contribution in [0.3, 0.4) is 0 Å². The second-order valence-corrected chi connectivity index (χ2v) is 6.22. The molecule has 1 aromatic rings. The number of esters is 1. The van der Waals surface area contributed by atoms with Crippen molar-refractivity contribution in [1.29, 1.82) is 0 Å². The minimum absolute atomic E-state index is 0.233. The van der Waals surface area contributed by atoms with E-state index in [1.807, 2.05) is 0 Å². The third kappa shape index (κ3) is 3.38. The molecule has 0 saturated carbocycles. The van der Waals surface area contributed by atoms with E-state index >= 15 is 0 Å². The van der Waals surface area contributed by atoms with Crippen molar-refractivity contribution in [3.63, 3.8) is 0 Å². The molecule has 4 nitrogen and oxygen atoms in total. The Labute approximate surface area is 126 Å². The molecule has 0 spiro atoms. The molecule has 2 atom stereocenters. The Hall–Kier alpha value is -1.55. The quantitative estimate of drug-likeness (QED) is 0.686. The monoisotopic (exact) mass is 288 g/mol. The molecular formula is C17H24N2O2. The number of nitrogens with zero attached hydrogens (tertiary/aromatic N) is 1. The number of hydrogen-bond acceptors (Lipinski definition) is 4. The Bertz CT molecular complexity index is 484. The lowest BCUT2D eigenvalue weighted by molar-refractivity contribution is 0.00739. The normalized spacial score (nSPS) is 26.1. The lowest BCUT2D eigenvalue weighted by Gasteiger charge is -2.44. The zero-order valence-electron chi connectivity index (χ0n) is 12.5. The summed E-state index contributed by atoms with van der Waals surface area (Å²) in [5.74, 6) is 0.264. The molecular weight excluding hydrogens is 264 g/mol. The van der Waals surface area contributed by atoms with Gasteiger partial charge < -0.3 is 10.5 Å². The number of ether oxygens (including phenoxy) is 1. The third-order valence-electron chi connectivity index (χ3n) is 4.80. The Morgan fingerprint density at radius 1 is 1.14 bits per heavy atom. The molecule has 3 rings (SSSR count). The minimum atomic E-state index is -0.233. The average molecular weight is 288 g/mol. The number of piperidine rings is 2. The van der Waals surface area contributed by atoms with Gasteiger partial charge in [-0.05, 0) is 63.0 Å². The first-order valence-electron chi connectivity index (χ1n) is 8.01. The number of carbonyl (C=O) groups is 1. The number of nitrogens with two attached hydrogens (primary N) is 1. The van der Waals surface area contributed by atoms with Gasteiger partial charge in [-0.3, -0.25) is 4.90 Å². The molecule has 0 aromatic heterocycles. The molecule has 2 saturated heterocycles. The average Bonchev–Trinajstić information content (AvgIpc) is 2.53. The second-order valence-electron chi connectivity index (χ2n) is 6.22. The molecule has 21 heavy (non-hydrogen) atoms. The lowest BCUT2D eigenvalue weighted by Crippen LogP contribution is -2.49. The van der Waals surface area contributed by atoms with Crippen LogP contribution < -0.4 is 5.73 Å². The molecule has 114 valence electrons. The molecule has 2 heterocycles. The van der Waals surface area contributed by atoms with Gasteiger partial charge in [-0.25, -0.2) is 4.79 Å². The van der Waals surface area contributed by atoms with Crippen LogP contribution in [0.5, 0.6) is 0 Å². The first-order valence-corrected chi connectivity index (χ1v) is 8.01. The molecule has 0 amide bonds. The highest BCUT2D eigenvalue weighted by Crippen LogP contribution is 2.31. The number of rotatable bonds is 3. The summed E-state index contributed by atoms with van der Waals surface area (Å²) in [6, 6.07) is 7.54. The predicted octanol–water partition coefficient (Wildman–Crippen LogP) is 2.69. The van der Waals surface area contributed by atoms with Crippen LogP contribution in [0, 0.1) is 5.92 Å². The molecule has 2 aliphatic rings. The van der Waals surface area contributed by atoms with Gasteiger partial charge in [0, 0.05) is 17.6 Å². The summed E-state index contributed by atoms with van der Waals surface area (Å²) in [4.78, 5) is 14.7. The summed E-state index contributed by atoms with van der Waals surface area (Å²) in [6.07, 6.45) is 6.28. The van der Waals surface area contributed by atoms with Crippen LogP contribution in [0.2, 0.25) is 0 Å². The highest BCUT2D eigenvalue weighted by molar-refractivity contribution is 5.89. The Morgan fingerprint density at radius 3 is 2.71 bits per heavy atom. The second kappa shape index (κ2) is 6.48. The van der Waals surface area contributed by atoms with Crippen LogP contribution in [0.15, 0.2) is 24.3 Å². The van der Waals surface area contributed by atoms with Crippen molar-refractivity contribution in [1.82, 2.24) is 4.90 Å². The molecule has 2 fully saturated rings. The molecule has 0 aliphatic carbocycles. The van der Waals surface area contributed by atoms with Crippen molar-refractivity contribution >= 4 is 11.7 Å². The van der Waals surface area contributed by atoms with Crippen LogP contribution >= 0.6 is 0 Å². The van der Waals surface area contributed by atoms with Crippen LogP contribution in [0.1, 0.15) is 42.5 Å². The first-order chi connectivity index (χ1) is 10.2. The van der Waals surface area contributed by atoms with E-state index in [-0.39, 0.29) is 5.97 Å². The van der Waals surface area contributed by atoms with E-state index in [1.165, 1.54) is 45.2 Å². The van der Waals surface area contributed by atoms with Crippen molar-refractivity contribution < 1.29 is 9.53 Å². The molecule has 4 heteroatoms. The fraction of sp³-hybridized carbons (Fsp3) is 0.588. The van der Waals surface area contributed by atoms with Gasteiger partial charge in [0.1, 0.15) is 0 Å². The van der Waals surface area contributed by atoms with Crippen molar-refractivity contribution in [2.75, 3.05) is 25.4 Å². The zero-order chi connectivity index (χ0) is 14.7. The summed E-state index contributed by atoms with van der Waals surface area (Å²) in [7, 11) is 0. The number of benzene rings is 1. The number of nitrogen functional groups attached to an aromatic ring is 1. The van der Waals surface area contributed by atoms with Crippen molar-refractivity contribution in [2.24, 2.45) is 5.92 Å². The number of carbonyl (C=O) groups excluding carboxylic acids is 1. The van der Waals surface area contributed by atoms with E-state index < -0.39 is 0 Å². The molecule has 2 N–H and O–H groups in total. The SMILES string of the molecule is Nc1ccc(C(=O)OCC2CCCN3CCCCC23)cc1. The van der Waals surface area contributed by atoms with Gasteiger partial charge in [0.05, 0.1) is 12.2 Å².